The maximum atomic E-state index is 13.2. The van der Waals surface area contributed by atoms with Gasteiger partial charge in [0, 0.05) is 23.7 Å². The zero-order valence-electron chi connectivity index (χ0n) is 14.8. The van der Waals surface area contributed by atoms with Gasteiger partial charge in [0.15, 0.2) is 11.5 Å². The summed E-state index contributed by atoms with van der Waals surface area (Å²) in [6.45, 7) is 0.851. The van der Waals surface area contributed by atoms with Crippen LogP contribution in [-0.4, -0.2) is 33.2 Å². The first-order chi connectivity index (χ1) is 13.2. The molecule has 0 bridgehead atoms. The van der Waals surface area contributed by atoms with Crippen molar-refractivity contribution in [2.45, 2.75) is 31.7 Å². The molecular formula is C21H20ClN3O2. The lowest BCUT2D eigenvalue weighted by Crippen LogP contribution is -2.35. The molecule has 0 N–H and O–H groups in total. The summed E-state index contributed by atoms with van der Waals surface area (Å²) in [7, 11) is 0. The summed E-state index contributed by atoms with van der Waals surface area (Å²) < 4.78 is 7.32. The third-order valence-corrected chi connectivity index (χ3v) is 5.39. The fourth-order valence-electron chi connectivity index (χ4n) is 3.40. The zero-order chi connectivity index (χ0) is 18.4. The molecule has 0 saturated heterocycles. The largest absolute Gasteiger partial charge is 0.463 e. The Bertz CT molecular complexity index is 971. The lowest BCUT2D eigenvalue weighted by molar-refractivity contribution is 0.0728. The summed E-state index contributed by atoms with van der Waals surface area (Å²) >= 11 is 6.17. The van der Waals surface area contributed by atoms with E-state index in [1.54, 1.807) is 10.9 Å². The normalized spacial score (nSPS) is 16.5. The van der Waals surface area contributed by atoms with Gasteiger partial charge in [-0.25, -0.2) is 4.68 Å². The summed E-state index contributed by atoms with van der Waals surface area (Å²) in [5.74, 6) is 1.34. The van der Waals surface area contributed by atoms with Gasteiger partial charge in [0.2, 0.25) is 0 Å². The molecule has 5 rings (SSSR count). The first-order valence-electron chi connectivity index (χ1n) is 9.40. The van der Waals surface area contributed by atoms with Crippen molar-refractivity contribution in [2.75, 3.05) is 6.54 Å². The first-order valence-corrected chi connectivity index (χ1v) is 9.78. The number of carbonyl (C=O) groups is 1. The quantitative estimate of drug-likeness (QED) is 0.616. The number of benzene rings is 1. The molecule has 1 aromatic carbocycles. The molecule has 0 aliphatic heterocycles. The Kier molecular flexibility index (Phi) is 4.05. The van der Waals surface area contributed by atoms with E-state index in [0.29, 0.717) is 28.4 Å². The minimum Gasteiger partial charge on any atom is -0.463 e. The Labute approximate surface area is 162 Å². The minimum atomic E-state index is 0.0120. The van der Waals surface area contributed by atoms with E-state index in [2.05, 4.69) is 5.10 Å². The van der Waals surface area contributed by atoms with Crippen LogP contribution in [0.1, 0.15) is 36.2 Å². The van der Waals surface area contributed by atoms with Crippen molar-refractivity contribution in [2.24, 2.45) is 5.92 Å². The average Bonchev–Trinajstić information content (AvgIpc) is 3.57. The van der Waals surface area contributed by atoms with Crippen LogP contribution in [0, 0.1) is 5.92 Å². The lowest BCUT2D eigenvalue weighted by atomic mass is 10.2. The standard InChI is InChI=1S/C21H20ClN3O2/c22-15-3-1-4-17(11-15)25-19(20-5-2-10-27-20)12-18(23-25)21(26)24(16-8-9-16)13-14-6-7-14/h1-5,10-12,14,16H,6-9,13H2. The monoisotopic (exact) mass is 381 g/mol. The van der Waals surface area contributed by atoms with Gasteiger partial charge < -0.3 is 9.32 Å². The molecule has 0 unspecified atom stereocenters. The Morgan fingerprint density at radius 3 is 2.70 bits per heavy atom. The van der Waals surface area contributed by atoms with E-state index in [-0.39, 0.29) is 5.91 Å². The smallest absolute Gasteiger partial charge is 0.274 e. The highest BCUT2D eigenvalue weighted by atomic mass is 35.5. The van der Waals surface area contributed by atoms with Crippen LogP contribution in [-0.2, 0) is 0 Å². The summed E-state index contributed by atoms with van der Waals surface area (Å²) in [6, 6.07) is 13.3. The van der Waals surface area contributed by atoms with Gasteiger partial charge in [0.05, 0.1) is 12.0 Å². The molecule has 1 amide bonds. The number of aromatic nitrogens is 2. The number of hydrogen-bond donors (Lipinski definition) is 0. The lowest BCUT2D eigenvalue weighted by Gasteiger charge is -2.21. The van der Waals surface area contributed by atoms with Gasteiger partial charge in [-0.05, 0) is 61.9 Å². The van der Waals surface area contributed by atoms with Crippen molar-refractivity contribution in [3.63, 3.8) is 0 Å². The molecule has 2 aliphatic rings. The number of hydrogen-bond acceptors (Lipinski definition) is 3. The summed E-state index contributed by atoms with van der Waals surface area (Å²) in [4.78, 5) is 15.2. The maximum Gasteiger partial charge on any atom is 0.274 e. The molecule has 0 atom stereocenters. The first kappa shape index (κ1) is 16.6. The fraction of sp³-hybridized carbons (Fsp3) is 0.333. The third kappa shape index (κ3) is 3.39. The predicted octanol–water partition coefficient (Wildman–Crippen LogP) is 4.80. The van der Waals surface area contributed by atoms with Crippen LogP contribution in [0.3, 0.4) is 0 Å². The molecule has 2 aliphatic carbocycles. The Balaban J connectivity index is 1.55. The summed E-state index contributed by atoms with van der Waals surface area (Å²) in [5, 5.41) is 5.26. The van der Waals surface area contributed by atoms with Crippen LogP contribution in [0.25, 0.3) is 17.1 Å². The van der Waals surface area contributed by atoms with Crippen molar-refractivity contribution in [3.05, 3.63) is 59.4 Å². The number of rotatable bonds is 6. The van der Waals surface area contributed by atoms with Gasteiger partial charge in [-0.1, -0.05) is 17.7 Å². The van der Waals surface area contributed by atoms with Crippen LogP contribution < -0.4 is 0 Å². The zero-order valence-corrected chi connectivity index (χ0v) is 15.6. The van der Waals surface area contributed by atoms with E-state index in [0.717, 1.165) is 30.8 Å². The summed E-state index contributed by atoms with van der Waals surface area (Å²) in [5.41, 5.74) is 2.00. The van der Waals surface area contributed by atoms with Crippen LogP contribution in [0.5, 0.6) is 0 Å². The van der Waals surface area contributed by atoms with Crippen molar-refractivity contribution in [1.82, 2.24) is 14.7 Å². The van der Waals surface area contributed by atoms with Crippen molar-refractivity contribution in [1.29, 1.82) is 0 Å². The second-order valence-corrected chi connectivity index (χ2v) is 7.85. The van der Waals surface area contributed by atoms with E-state index >= 15 is 0 Å². The van der Waals surface area contributed by atoms with Gasteiger partial charge in [-0.15, -0.1) is 0 Å². The molecule has 27 heavy (non-hydrogen) atoms. The molecule has 5 nitrogen and oxygen atoms in total. The highest BCUT2D eigenvalue weighted by molar-refractivity contribution is 6.30. The molecule has 0 radical (unpaired) electrons. The molecule has 0 spiro atoms. The predicted molar refractivity (Wildman–Crippen MR) is 103 cm³/mol. The average molecular weight is 382 g/mol. The molecule has 2 heterocycles. The topological polar surface area (TPSA) is 51.3 Å². The molecular weight excluding hydrogens is 362 g/mol. The fourth-order valence-corrected chi connectivity index (χ4v) is 3.58. The minimum absolute atomic E-state index is 0.0120. The van der Waals surface area contributed by atoms with Crippen LogP contribution in [0.4, 0.5) is 0 Å². The molecule has 2 aromatic heterocycles. The Morgan fingerprint density at radius 1 is 1.19 bits per heavy atom. The van der Waals surface area contributed by atoms with E-state index < -0.39 is 0 Å². The van der Waals surface area contributed by atoms with E-state index in [1.165, 1.54) is 12.8 Å². The molecule has 2 fully saturated rings. The Morgan fingerprint density at radius 2 is 2.04 bits per heavy atom. The number of amides is 1. The molecule has 3 aromatic rings. The van der Waals surface area contributed by atoms with Gasteiger partial charge in [0.25, 0.3) is 5.91 Å². The van der Waals surface area contributed by atoms with Crippen molar-refractivity contribution >= 4 is 17.5 Å². The third-order valence-electron chi connectivity index (χ3n) is 5.16. The summed E-state index contributed by atoms with van der Waals surface area (Å²) in [6.07, 6.45) is 6.27. The van der Waals surface area contributed by atoms with E-state index in [4.69, 9.17) is 16.0 Å². The van der Waals surface area contributed by atoms with Crippen LogP contribution in [0.2, 0.25) is 5.02 Å². The van der Waals surface area contributed by atoms with Crippen molar-refractivity contribution in [3.8, 4) is 17.1 Å². The van der Waals surface area contributed by atoms with Gasteiger partial charge in [-0.2, -0.15) is 5.10 Å². The maximum absolute atomic E-state index is 13.2. The second-order valence-electron chi connectivity index (χ2n) is 7.42. The number of furan rings is 1. The van der Waals surface area contributed by atoms with Gasteiger partial charge in [0.1, 0.15) is 5.69 Å². The molecule has 6 heteroatoms. The van der Waals surface area contributed by atoms with Gasteiger partial charge >= 0.3 is 0 Å². The van der Waals surface area contributed by atoms with Crippen LogP contribution >= 0.6 is 11.6 Å². The van der Waals surface area contributed by atoms with E-state index in [9.17, 15) is 4.79 Å². The van der Waals surface area contributed by atoms with E-state index in [1.807, 2.05) is 47.4 Å². The van der Waals surface area contributed by atoms with Gasteiger partial charge in [-0.3, -0.25) is 4.79 Å². The van der Waals surface area contributed by atoms with Crippen molar-refractivity contribution < 1.29 is 9.21 Å². The number of halogens is 1. The number of carbonyl (C=O) groups excluding carboxylic acids is 1. The van der Waals surface area contributed by atoms with Crippen LogP contribution in [0.15, 0.2) is 53.1 Å². The second kappa shape index (κ2) is 6.57. The Hall–Kier alpha value is -2.53. The number of nitrogens with zero attached hydrogens (tertiary/aromatic N) is 3. The SMILES string of the molecule is O=C(c1cc(-c2ccco2)n(-c2cccc(Cl)c2)n1)N(CC1CC1)C1CC1. The highest BCUT2D eigenvalue weighted by Crippen LogP contribution is 2.36. The molecule has 2 saturated carbocycles. The highest BCUT2D eigenvalue weighted by Gasteiger charge is 2.38. The molecule has 138 valence electrons.